The van der Waals surface area contributed by atoms with Gasteiger partial charge in [-0.2, -0.15) is 5.26 Å². The molecule has 12 nitrogen and oxygen atoms in total. The van der Waals surface area contributed by atoms with Gasteiger partial charge in [0.1, 0.15) is 46.7 Å². The van der Waals surface area contributed by atoms with Crippen molar-refractivity contribution in [3.63, 3.8) is 0 Å². The number of halogens is 1. The van der Waals surface area contributed by atoms with Crippen molar-refractivity contribution in [3.8, 4) is 6.07 Å². The Bertz CT molecular complexity index is 1110. The number of aliphatic hydroxyl groups excluding tert-OH is 1. The van der Waals surface area contributed by atoms with E-state index in [0.717, 1.165) is 19.0 Å². The molecule has 1 N–H and O–H groups in total. The Morgan fingerprint density at radius 3 is 1.83 bits per heavy atom. The van der Waals surface area contributed by atoms with Crippen molar-refractivity contribution < 1.29 is 42.6 Å². The number of nitriles is 1. The number of nitrogens with zero attached hydrogens (tertiary/aromatic N) is 3. The first-order valence-electron chi connectivity index (χ1n) is 18.3. The lowest BCUT2D eigenvalue weighted by Crippen LogP contribution is -2.41. The predicted molar refractivity (Wildman–Crippen MR) is 213 cm³/mol. The fourth-order valence-corrected chi connectivity index (χ4v) is 9.04. The highest BCUT2D eigenvalue weighted by Gasteiger charge is 2.45. The molecule has 0 aromatic carbocycles. The molecule has 14 atom stereocenters. The molecular weight excluding hydrogens is 725 g/mol. The van der Waals surface area contributed by atoms with E-state index in [4.69, 9.17) is 76.2 Å². The van der Waals surface area contributed by atoms with Crippen LogP contribution in [-0.2, 0) is 37.5 Å². The number of methoxy groups -OCH3 is 2. The van der Waals surface area contributed by atoms with Gasteiger partial charge in [-0.25, -0.2) is 6.57 Å². The van der Waals surface area contributed by atoms with Gasteiger partial charge in [-0.3, -0.25) is 4.74 Å². The van der Waals surface area contributed by atoms with Crippen LogP contribution in [0.25, 0.3) is 4.85 Å². The second-order valence-electron chi connectivity index (χ2n) is 13.5. The molecule has 2 aliphatic rings. The molecule has 0 amide bonds. The summed E-state index contributed by atoms with van der Waals surface area (Å²) in [5.41, 5.74) is 0.380. The molecule has 2 rings (SSSR count). The van der Waals surface area contributed by atoms with Gasteiger partial charge in [0.25, 0.3) is 0 Å². The molecule has 298 valence electrons. The number of hydrogen-bond donors (Lipinski definition) is 1. The molecule has 0 aliphatic carbocycles. The standard InChI is InChI=1S/C15H27BNO5P.C11H21BO4.C9H18ClN2P/c1-7-12-13(22-23(6)19-9-8-17-4)14(15(16)21-12)20-11(3)10(2)18-5;1-5-8-9(13)10(11(12)16-8)15-7(3)6(2)14-4;1-8(2)12-13(10,9(3)4)7-5-6-11/h10-15H,7-9H2,1-3,5-6H3;6-11,13H,5H2,1-4H3;8-9H,5,7H2,1-4H3/t10-,11-,12-,13?,14+,15-,23?;6-,7-,8-,9?,10+,11-;/m11./s1. The number of aliphatic hydroxyl groups is 1. The van der Waals surface area contributed by atoms with Gasteiger partial charge in [0.15, 0.2) is 8.38 Å². The Balaban J connectivity index is 0.000000788. The minimum Gasteiger partial charge on any atom is -0.388 e. The topological polar surface area (TPSA) is 135 Å². The SMILES string of the molecule is CC(C)N=P(Cl)(CCC#N)C(C)C.[B][C@@H]1O[C@H](CC)C(O)[C@@H]1O[C@H](C)[C@@H](C)OC.[B][C@@H]1O[C@H](CC)C(OP(C)OCC[N+]#[C-])[C@@H]1O[C@H](C)[C@@H](C)OC. The fourth-order valence-electron chi connectivity index (χ4n) is 5.18. The van der Waals surface area contributed by atoms with Crippen LogP contribution in [0, 0.1) is 17.9 Å². The highest BCUT2D eigenvalue weighted by Crippen LogP contribution is 2.60. The summed E-state index contributed by atoms with van der Waals surface area (Å²) in [6.07, 6.45) is -1.48. The first kappa shape index (κ1) is 51.7. The Morgan fingerprint density at radius 1 is 0.904 bits per heavy atom. The van der Waals surface area contributed by atoms with Crippen LogP contribution in [0.4, 0.5) is 0 Å². The number of ether oxygens (including phenoxy) is 6. The Hall–Kier alpha value is -0.300. The van der Waals surface area contributed by atoms with Gasteiger partial charge < -0.3 is 47.4 Å². The van der Waals surface area contributed by atoms with Crippen LogP contribution < -0.4 is 0 Å². The Kier molecular flexibility index (Phi) is 27.2. The van der Waals surface area contributed by atoms with E-state index >= 15 is 0 Å². The molecule has 0 aromatic rings. The van der Waals surface area contributed by atoms with Crippen LogP contribution in [0.3, 0.4) is 0 Å². The van der Waals surface area contributed by atoms with Crippen molar-refractivity contribution in [2.75, 3.05) is 40.2 Å². The van der Waals surface area contributed by atoms with E-state index in [9.17, 15) is 5.11 Å². The van der Waals surface area contributed by atoms with Gasteiger partial charge in [0.05, 0.1) is 49.1 Å². The van der Waals surface area contributed by atoms with Gasteiger partial charge in [-0.1, -0.05) is 38.9 Å². The molecule has 4 radical (unpaired) electrons. The summed E-state index contributed by atoms with van der Waals surface area (Å²) in [4.78, 5) is 3.26. The summed E-state index contributed by atoms with van der Waals surface area (Å²) in [7, 11) is 14.0. The van der Waals surface area contributed by atoms with E-state index in [-0.39, 0.29) is 54.9 Å². The molecule has 0 bridgehead atoms. The lowest BCUT2D eigenvalue weighted by atomic mass is 9.92. The van der Waals surface area contributed by atoms with Crippen molar-refractivity contribution in [1.29, 1.82) is 5.26 Å². The molecule has 52 heavy (non-hydrogen) atoms. The van der Waals surface area contributed by atoms with Gasteiger partial charge in [0, 0.05) is 57.2 Å². The highest BCUT2D eigenvalue weighted by atomic mass is 35.7. The molecule has 0 saturated carbocycles. The van der Waals surface area contributed by atoms with E-state index in [1.54, 1.807) is 14.2 Å². The largest absolute Gasteiger partial charge is 0.388 e. The molecule has 2 fully saturated rings. The third-order valence-electron chi connectivity index (χ3n) is 8.83. The van der Waals surface area contributed by atoms with Gasteiger partial charge in [-0.15, -0.1) is 0 Å². The maximum Gasteiger partial charge on any atom is 0.238 e. The molecule has 0 aromatic heterocycles. The molecular formula is C35H66B2ClN3O9P2. The lowest BCUT2D eigenvalue weighted by Gasteiger charge is -2.30. The summed E-state index contributed by atoms with van der Waals surface area (Å²) in [6.45, 7) is 29.2. The summed E-state index contributed by atoms with van der Waals surface area (Å²) >= 11 is 6.44. The second kappa shape index (κ2) is 27.3. The minimum absolute atomic E-state index is 0.0416. The third-order valence-corrected chi connectivity index (χ3v) is 15.1. The zero-order valence-electron chi connectivity index (χ0n) is 33.8. The van der Waals surface area contributed by atoms with Crippen molar-refractivity contribution in [1.82, 2.24) is 0 Å². The normalized spacial score (nSPS) is 29.7. The summed E-state index contributed by atoms with van der Waals surface area (Å²) in [5, 5.41) is 18.5. The smallest absolute Gasteiger partial charge is 0.238 e. The van der Waals surface area contributed by atoms with Crippen LogP contribution in [0.1, 0.15) is 88.5 Å². The zero-order chi connectivity index (χ0) is 40.2. The zero-order valence-corrected chi connectivity index (χ0v) is 36.4. The van der Waals surface area contributed by atoms with Crippen molar-refractivity contribution in [2.45, 2.75) is 173 Å². The maximum atomic E-state index is 9.95. The third kappa shape index (κ3) is 18.1. The van der Waals surface area contributed by atoms with Gasteiger partial charge in [-0.05, 0) is 54.4 Å². The summed E-state index contributed by atoms with van der Waals surface area (Å²) < 4.78 is 49.5. The summed E-state index contributed by atoms with van der Waals surface area (Å²) in [5.74, 6) is 0. The van der Waals surface area contributed by atoms with Gasteiger partial charge >= 0.3 is 0 Å². The van der Waals surface area contributed by atoms with E-state index in [2.05, 4.69) is 29.5 Å². The lowest BCUT2D eigenvalue weighted by molar-refractivity contribution is -0.104. The van der Waals surface area contributed by atoms with Crippen LogP contribution >= 0.6 is 26.0 Å². The molecule has 17 heteroatoms. The quantitative estimate of drug-likeness (QED) is 0.0638. The minimum atomic E-state index is -1.74. The van der Waals surface area contributed by atoms with E-state index in [0.29, 0.717) is 25.2 Å². The molecule has 2 heterocycles. The number of hydrogen-bond acceptors (Lipinski definition) is 11. The van der Waals surface area contributed by atoms with E-state index in [1.807, 2.05) is 62.1 Å². The Morgan fingerprint density at radius 2 is 1.40 bits per heavy atom. The second-order valence-corrected chi connectivity index (χ2v) is 19.8. The molecule has 2 saturated heterocycles. The first-order valence-corrected chi connectivity index (χ1v) is 22.8. The van der Waals surface area contributed by atoms with Crippen LogP contribution in [-0.4, -0.2) is 146 Å². The van der Waals surface area contributed by atoms with Gasteiger partial charge in [0.2, 0.25) is 6.54 Å². The first-order chi connectivity index (χ1) is 24.4. The van der Waals surface area contributed by atoms with Crippen molar-refractivity contribution in [2.24, 2.45) is 4.74 Å². The maximum absolute atomic E-state index is 9.95. The highest BCUT2D eigenvalue weighted by molar-refractivity contribution is 7.91. The van der Waals surface area contributed by atoms with Crippen LogP contribution in [0.2, 0.25) is 0 Å². The van der Waals surface area contributed by atoms with E-state index < -0.39 is 39.0 Å². The number of rotatable bonds is 19. The van der Waals surface area contributed by atoms with Crippen molar-refractivity contribution >= 4 is 41.7 Å². The average molecular weight is 792 g/mol. The molecule has 4 unspecified atom stereocenters. The Labute approximate surface area is 324 Å². The molecule has 2 aliphatic heterocycles. The molecule has 0 spiro atoms. The summed E-state index contributed by atoms with van der Waals surface area (Å²) in [6, 6.07) is 1.30. The van der Waals surface area contributed by atoms with Crippen LogP contribution in [0.5, 0.6) is 0 Å². The van der Waals surface area contributed by atoms with Crippen molar-refractivity contribution in [3.05, 3.63) is 11.4 Å². The monoisotopic (exact) mass is 791 g/mol. The van der Waals surface area contributed by atoms with E-state index in [1.165, 1.54) is 0 Å². The predicted octanol–water partition coefficient (Wildman–Crippen LogP) is 6.89. The van der Waals surface area contributed by atoms with Crippen LogP contribution in [0.15, 0.2) is 4.74 Å². The fraction of sp³-hybridized carbons (Fsp3) is 0.943. The average Bonchev–Trinajstić information content (AvgIpc) is 3.55.